The Morgan fingerprint density at radius 2 is 2.47 bits per heavy atom. The first-order valence-corrected chi connectivity index (χ1v) is 4.78. The maximum Gasteiger partial charge on any atom is 0.240 e. The number of hydrogen-bond acceptors (Lipinski definition) is 5. The van der Waals surface area contributed by atoms with Gasteiger partial charge in [-0.3, -0.25) is 4.79 Å². The zero-order valence-corrected chi connectivity index (χ0v) is 8.47. The number of anilines is 2. The molecular weight excluding hydrogens is 194 g/mol. The molecule has 1 aliphatic heterocycles. The molecule has 0 aliphatic carbocycles. The van der Waals surface area contributed by atoms with E-state index < -0.39 is 0 Å². The van der Waals surface area contributed by atoms with Gasteiger partial charge in [0.25, 0.3) is 0 Å². The van der Waals surface area contributed by atoms with Crippen molar-refractivity contribution in [1.29, 1.82) is 0 Å². The number of nitrogens with zero attached hydrogens (tertiary/aromatic N) is 3. The molecule has 1 amide bonds. The summed E-state index contributed by atoms with van der Waals surface area (Å²) in [5.74, 6) is 1.17. The lowest BCUT2D eigenvalue weighted by Gasteiger charge is -2.39. The van der Waals surface area contributed by atoms with Crippen LogP contribution in [0.15, 0.2) is 12.4 Å². The van der Waals surface area contributed by atoms with E-state index in [2.05, 4.69) is 15.3 Å². The second kappa shape index (κ2) is 3.72. The van der Waals surface area contributed by atoms with E-state index in [1.807, 2.05) is 4.90 Å². The average molecular weight is 207 g/mol. The fourth-order valence-electron chi connectivity index (χ4n) is 1.60. The molecule has 3 N–H and O–H groups in total. The summed E-state index contributed by atoms with van der Waals surface area (Å²) < 4.78 is 0. The van der Waals surface area contributed by atoms with Gasteiger partial charge in [-0.05, 0) is 6.42 Å². The number of carbonyl (C=O) groups is 1. The standard InChI is InChI=1S/C9H13N5O/c1-11-7-4-8(13-5-12-7)14-3-2-6(14)9(10)15/h4-6H,2-3H2,1H3,(H2,10,15)(H,11,12,13). The van der Waals surface area contributed by atoms with Crippen LogP contribution in [0.4, 0.5) is 11.6 Å². The van der Waals surface area contributed by atoms with E-state index in [1.54, 1.807) is 13.1 Å². The summed E-state index contributed by atoms with van der Waals surface area (Å²) in [5.41, 5.74) is 5.26. The number of nitrogens with two attached hydrogens (primary N) is 1. The summed E-state index contributed by atoms with van der Waals surface area (Å²) in [6.07, 6.45) is 2.27. The van der Waals surface area contributed by atoms with Crippen molar-refractivity contribution < 1.29 is 4.79 Å². The Morgan fingerprint density at radius 1 is 1.67 bits per heavy atom. The van der Waals surface area contributed by atoms with Crippen LogP contribution in [0.25, 0.3) is 0 Å². The Balaban J connectivity index is 2.19. The molecule has 0 bridgehead atoms. The second-order valence-electron chi connectivity index (χ2n) is 3.41. The number of rotatable bonds is 3. The highest BCUT2D eigenvalue weighted by molar-refractivity contribution is 5.85. The third-order valence-electron chi connectivity index (χ3n) is 2.55. The Bertz CT molecular complexity index is 381. The van der Waals surface area contributed by atoms with Crippen LogP contribution >= 0.6 is 0 Å². The van der Waals surface area contributed by atoms with Crippen molar-refractivity contribution in [2.45, 2.75) is 12.5 Å². The molecule has 6 heteroatoms. The van der Waals surface area contributed by atoms with Crippen molar-refractivity contribution in [2.24, 2.45) is 5.73 Å². The van der Waals surface area contributed by atoms with Crippen LogP contribution in [0.5, 0.6) is 0 Å². The molecule has 1 aromatic heterocycles. The lowest BCUT2D eigenvalue weighted by Crippen LogP contribution is -2.55. The van der Waals surface area contributed by atoms with Crippen LogP contribution in [0.1, 0.15) is 6.42 Å². The molecule has 2 rings (SSSR count). The van der Waals surface area contributed by atoms with Crippen LogP contribution in [0.2, 0.25) is 0 Å². The molecule has 0 aromatic carbocycles. The van der Waals surface area contributed by atoms with Crippen LogP contribution in [0.3, 0.4) is 0 Å². The minimum atomic E-state index is -0.300. The van der Waals surface area contributed by atoms with Gasteiger partial charge in [0.15, 0.2) is 0 Å². The SMILES string of the molecule is CNc1cc(N2CCC2C(N)=O)ncn1. The van der Waals surface area contributed by atoms with E-state index in [4.69, 9.17) is 5.73 Å². The highest BCUT2D eigenvalue weighted by Gasteiger charge is 2.33. The number of hydrogen-bond donors (Lipinski definition) is 2. The zero-order chi connectivity index (χ0) is 10.8. The Morgan fingerprint density at radius 3 is 3.00 bits per heavy atom. The molecule has 2 heterocycles. The monoisotopic (exact) mass is 207 g/mol. The van der Waals surface area contributed by atoms with E-state index in [-0.39, 0.29) is 11.9 Å². The van der Waals surface area contributed by atoms with Gasteiger partial charge in [-0.25, -0.2) is 9.97 Å². The van der Waals surface area contributed by atoms with Crippen LogP contribution in [-0.2, 0) is 4.79 Å². The number of carbonyl (C=O) groups excluding carboxylic acids is 1. The number of aromatic nitrogens is 2. The first-order valence-electron chi connectivity index (χ1n) is 4.78. The largest absolute Gasteiger partial charge is 0.373 e. The van der Waals surface area contributed by atoms with E-state index >= 15 is 0 Å². The van der Waals surface area contributed by atoms with Gasteiger partial charge in [0.2, 0.25) is 5.91 Å². The van der Waals surface area contributed by atoms with E-state index in [0.717, 1.165) is 24.6 Å². The molecule has 1 unspecified atom stereocenters. The van der Waals surface area contributed by atoms with Gasteiger partial charge in [0.05, 0.1) is 0 Å². The lowest BCUT2D eigenvalue weighted by molar-refractivity contribution is -0.120. The number of amides is 1. The van der Waals surface area contributed by atoms with Crippen LogP contribution < -0.4 is 16.0 Å². The lowest BCUT2D eigenvalue weighted by atomic mass is 10.0. The normalized spacial score (nSPS) is 19.5. The summed E-state index contributed by atoms with van der Waals surface area (Å²) in [6, 6.07) is 1.58. The van der Waals surface area contributed by atoms with Gasteiger partial charge in [-0.15, -0.1) is 0 Å². The molecule has 1 atom stereocenters. The maximum atomic E-state index is 11.0. The van der Waals surface area contributed by atoms with Gasteiger partial charge in [0, 0.05) is 19.7 Å². The number of primary amides is 1. The predicted molar refractivity (Wildman–Crippen MR) is 56.5 cm³/mol. The molecule has 6 nitrogen and oxygen atoms in total. The van der Waals surface area contributed by atoms with Crippen molar-refractivity contribution in [2.75, 3.05) is 23.8 Å². The fraction of sp³-hybridized carbons (Fsp3) is 0.444. The Hall–Kier alpha value is -1.85. The van der Waals surface area contributed by atoms with E-state index in [9.17, 15) is 4.79 Å². The first kappa shape index (κ1) is 9.70. The third kappa shape index (κ3) is 1.70. The quantitative estimate of drug-likeness (QED) is 0.703. The molecule has 1 aliphatic rings. The molecular formula is C9H13N5O. The summed E-state index contributed by atoms with van der Waals surface area (Å²) in [4.78, 5) is 21.0. The van der Waals surface area contributed by atoms with Gasteiger partial charge in [-0.2, -0.15) is 0 Å². The highest BCUT2D eigenvalue weighted by atomic mass is 16.1. The second-order valence-corrected chi connectivity index (χ2v) is 3.41. The zero-order valence-electron chi connectivity index (χ0n) is 8.47. The topological polar surface area (TPSA) is 84.1 Å². The van der Waals surface area contributed by atoms with Gasteiger partial charge >= 0.3 is 0 Å². The fourth-order valence-corrected chi connectivity index (χ4v) is 1.60. The molecule has 1 aromatic rings. The summed E-state index contributed by atoms with van der Waals surface area (Å²) in [5, 5.41) is 2.92. The molecule has 1 saturated heterocycles. The van der Waals surface area contributed by atoms with E-state index in [0.29, 0.717) is 0 Å². The minimum Gasteiger partial charge on any atom is -0.373 e. The van der Waals surface area contributed by atoms with Crippen LogP contribution in [-0.4, -0.2) is 35.5 Å². The van der Waals surface area contributed by atoms with Crippen molar-refractivity contribution in [1.82, 2.24) is 9.97 Å². The third-order valence-corrected chi connectivity index (χ3v) is 2.55. The molecule has 80 valence electrons. The molecule has 15 heavy (non-hydrogen) atoms. The molecule has 0 spiro atoms. The molecule has 1 fully saturated rings. The predicted octanol–water partition coefficient (Wildman–Crippen LogP) is -0.418. The van der Waals surface area contributed by atoms with Crippen molar-refractivity contribution >= 4 is 17.5 Å². The Kier molecular flexibility index (Phi) is 2.40. The number of nitrogens with one attached hydrogen (secondary N) is 1. The Labute approximate surface area is 87.5 Å². The van der Waals surface area contributed by atoms with Gasteiger partial charge < -0.3 is 16.0 Å². The van der Waals surface area contributed by atoms with Gasteiger partial charge in [-0.1, -0.05) is 0 Å². The summed E-state index contributed by atoms with van der Waals surface area (Å²) in [6.45, 7) is 0.813. The van der Waals surface area contributed by atoms with E-state index in [1.165, 1.54) is 6.33 Å². The van der Waals surface area contributed by atoms with Crippen LogP contribution in [0, 0.1) is 0 Å². The van der Waals surface area contributed by atoms with Crippen molar-refractivity contribution in [3.05, 3.63) is 12.4 Å². The summed E-state index contributed by atoms with van der Waals surface area (Å²) >= 11 is 0. The van der Waals surface area contributed by atoms with Gasteiger partial charge in [0.1, 0.15) is 24.0 Å². The first-order chi connectivity index (χ1) is 7.22. The average Bonchev–Trinajstić information content (AvgIpc) is 2.15. The van der Waals surface area contributed by atoms with Crippen molar-refractivity contribution in [3.8, 4) is 0 Å². The smallest absolute Gasteiger partial charge is 0.240 e. The summed E-state index contributed by atoms with van der Waals surface area (Å²) in [7, 11) is 1.79. The molecule has 0 saturated carbocycles. The molecule has 0 radical (unpaired) electrons. The highest BCUT2D eigenvalue weighted by Crippen LogP contribution is 2.25. The van der Waals surface area contributed by atoms with Crippen molar-refractivity contribution in [3.63, 3.8) is 0 Å². The minimum absolute atomic E-state index is 0.218. The maximum absolute atomic E-state index is 11.0.